The molecular formula is C22H38O. The molecule has 1 nitrogen and oxygen atoms in total. The van der Waals surface area contributed by atoms with Crippen molar-refractivity contribution < 1.29 is 4.74 Å². The van der Waals surface area contributed by atoms with Gasteiger partial charge in [0.2, 0.25) is 0 Å². The molecule has 1 heteroatoms. The molecule has 2 fully saturated rings. The van der Waals surface area contributed by atoms with Gasteiger partial charge in [0.15, 0.2) is 0 Å². The zero-order chi connectivity index (χ0) is 16.3. The first-order valence-corrected chi connectivity index (χ1v) is 10.2. The van der Waals surface area contributed by atoms with E-state index in [4.69, 9.17) is 4.74 Å². The third-order valence-electron chi connectivity index (χ3n) is 5.99. The van der Waals surface area contributed by atoms with Gasteiger partial charge in [0.25, 0.3) is 0 Å². The van der Waals surface area contributed by atoms with Crippen LogP contribution in [0.4, 0.5) is 0 Å². The molecule has 23 heavy (non-hydrogen) atoms. The van der Waals surface area contributed by atoms with Gasteiger partial charge in [-0.3, -0.25) is 0 Å². The predicted octanol–water partition coefficient (Wildman–Crippen LogP) is 6.69. The van der Waals surface area contributed by atoms with Crippen LogP contribution in [0.15, 0.2) is 24.8 Å². The molecule has 2 aliphatic rings. The van der Waals surface area contributed by atoms with Crippen LogP contribution in [0.2, 0.25) is 0 Å². The maximum Gasteiger partial charge on any atom is 0.0575 e. The summed E-state index contributed by atoms with van der Waals surface area (Å²) >= 11 is 0. The first-order chi connectivity index (χ1) is 11.3. The summed E-state index contributed by atoms with van der Waals surface area (Å²) < 4.78 is 5.93. The van der Waals surface area contributed by atoms with Crippen LogP contribution in [0.25, 0.3) is 0 Å². The maximum atomic E-state index is 5.93. The summed E-state index contributed by atoms with van der Waals surface area (Å²) in [6, 6.07) is 0. The molecule has 0 amide bonds. The molecule has 2 aliphatic carbocycles. The summed E-state index contributed by atoms with van der Waals surface area (Å²) in [5, 5.41) is 0. The average Bonchev–Trinajstić information content (AvgIpc) is 2.60. The predicted molar refractivity (Wildman–Crippen MR) is 101 cm³/mol. The Bertz CT molecular complexity index is 330. The largest absolute Gasteiger partial charge is 0.378 e. The van der Waals surface area contributed by atoms with Gasteiger partial charge in [0, 0.05) is 0 Å². The van der Waals surface area contributed by atoms with Crippen LogP contribution in [0.1, 0.15) is 84.0 Å². The standard InChI is InChI=1S/C22H38O/c1-3-5-7-19-8-10-20(11-9-19)12-13-21-14-16-22(17-15-21)23-18-6-4-2/h4-5,7,19-22H,2-3,6,8-18H2,1H3/t19-,20-,21-,22-. The Morgan fingerprint density at radius 3 is 2.09 bits per heavy atom. The molecule has 0 heterocycles. The van der Waals surface area contributed by atoms with E-state index in [1.807, 2.05) is 6.08 Å². The molecule has 0 spiro atoms. The van der Waals surface area contributed by atoms with Crippen LogP contribution < -0.4 is 0 Å². The van der Waals surface area contributed by atoms with Gasteiger partial charge < -0.3 is 4.74 Å². The molecule has 0 atom stereocenters. The lowest BCUT2D eigenvalue weighted by Gasteiger charge is -2.31. The molecule has 0 aromatic rings. The van der Waals surface area contributed by atoms with Gasteiger partial charge in [-0.25, -0.2) is 0 Å². The molecule has 0 radical (unpaired) electrons. The third-order valence-corrected chi connectivity index (χ3v) is 5.99. The molecule has 0 unspecified atom stereocenters. The normalized spacial score (nSPS) is 32.2. The van der Waals surface area contributed by atoms with Crippen molar-refractivity contribution in [2.24, 2.45) is 17.8 Å². The fourth-order valence-electron chi connectivity index (χ4n) is 4.37. The lowest BCUT2D eigenvalue weighted by Crippen LogP contribution is -2.23. The highest BCUT2D eigenvalue weighted by Gasteiger charge is 2.24. The minimum Gasteiger partial charge on any atom is -0.378 e. The number of hydrogen-bond donors (Lipinski definition) is 0. The van der Waals surface area contributed by atoms with Gasteiger partial charge in [-0.05, 0) is 82.0 Å². The van der Waals surface area contributed by atoms with Gasteiger partial charge in [-0.2, -0.15) is 0 Å². The molecular weight excluding hydrogens is 280 g/mol. The number of hydrogen-bond acceptors (Lipinski definition) is 1. The van der Waals surface area contributed by atoms with Crippen molar-refractivity contribution in [2.45, 2.75) is 90.1 Å². The van der Waals surface area contributed by atoms with Crippen LogP contribution in [-0.2, 0) is 4.74 Å². The Morgan fingerprint density at radius 2 is 1.52 bits per heavy atom. The molecule has 0 bridgehead atoms. The van der Waals surface area contributed by atoms with Gasteiger partial charge in [0.1, 0.15) is 0 Å². The van der Waals surface area contributed by atoms with Crippen molar-refractivity contribution in [2.75, 3.05) is 6.61 Å². The molecule has 2 saturated carbocycles. The van der Waals surface area contributed by atoms with Gasteiger partial charge in [-0.1, -0.05) is 38.0 Å². The second-order valence-electron chi connectivity index (χ2n) is 7.79. The third kappa shape index (κ3) is 7.25. The van der Waals surface area contributed by atoms with Crippen molar-refractivity contribution >= 4 is 0 Å². The topological polar surface area (TPSA) is 9.23 Å². The van der Waals surface area contributed by atoms with Crippen molar-refractivity contribution in [3.8, 4) is 0 Å². The first-order valence-electron chi connectivity index (χ1n) is 10.2. The molecule has 0 aromatic carbocycles. The highest BCUT2D eigenvalue weighted by atomic mass is 16.5. The van der Waals surface area contributed by atoms with E-state index in [2.05, 4.69) is 25.7 Å². The summed E-state index contributed by atoms with van der Waals surface area (Å²) in [6.45, 7) is 6.87. The SMILES string of the molecule is C=CCCO[C@H]1CC[C@H](CC[C@H]2CC[C@H](C=CCC)CC2)CC1. The van der Waals surface area contributed by atoms with Crippen molar-refractivity contribution in [3.63, 3.8) is 0 Å². The zero-order valence-electron chi connectivity index (χ0n) is 15.3. The van der Waals surface area contributed by atoms with Crippen LogP contribution in [0.5, 0.6) is 0 Å². The van der Waals surface area contributed by atoms with E-state index < -0.39 is 0 Å². The number of ether oxygens (including phenoxy) is 1. The fraction of sp³-hybridized carbons (Fsp3) is 0.818. The van der Waals surface area contributed by atoms with Gasteiger partial charge in [-0.15, -0.1) is 6.58 Å². The molecule has 0 aliphatic heterocycles. The molecule has 0 N–H and O–H groups in total. The Morgan fingerprint density at radius 1 is 0.913 bits per heavy atom. The van der Waals surface area contributed by atoms with Gasteiger partial charge in [0.05, 0.1) is 12.7 Å². The molecule has 0 aromatic heterocycles. The Balaban J connectivity index is 1.54. The average molecular weight is 319 g/mol. The lowest BCUT2D eigenvalue weighted by atomic mass is 9.77. The quantitative estimate of drug-likeness (QED) is 0.340. The maximum absolute atomic E-state index is 5.93. The van der Waals surface area contributed by atoms with Crippen molar-refractivity contribution in [1.29, 1.82) is 0 Å². The minimum absolute atomic E-state index is 0.534. The second kappa shape index (κ2) is 11.1. The zero-order valence-corrected chi connectivity index (χ0v) is 15.3. The van der Waals surface area contributed by atoms with Crippen LogP contribution in [0, 0.1) is 17.8 Å². The van der Waals surface area contributed by atoms with E-state index in [9.17, 15) is 0 Å². The molecule has 132 valence electrons. The number of rotatable bonds is 9. The lowest BCUT2D eigenvalue weighted by molar-refractivity contribution is 0.0189. The summed E-state index contributed by atoms with van der Waals surface area (Å²) in [5.41, 5.74) is 0. The van der Waals surface area contributed by atoms with Crippen LogP contribution in [-0.4, -0.2) is 12.7 Å². The summed E-state index contributed by atoms with van der Waals surface area (Å²) in [4.78, 5) is 0. The van der Waals surface area contributed by atoms with Crippen molar-refractivity contribution in [3.05, 3.63) is 24.8 Å². The van der Waals surface area contributed by atoms with Crippen LogP contribution >= 0.6 is 0 Å². The van der Waals surface area contributed by atoms with Crippen molar-refractivity contribution in [1.82, 2.24) is 0 Å². The highest BCUT2D eigenvalue weighted by Crippen LogP contribution is 2.36. The summed E-state index contributed by atoms with van der Waals surface area (Å²) in [7, 11) is 0. The van der Waals surface area contributed by atoms with E-state index in [-0.39, 0.29) is 0 Å². The fourth-order valence-corrected chi connectivity index (χ4v) is 4.37. The Hall–Kier alpha value is -0.560. The Labute approximate surface area is 144 Å². The highest BCUT2D eigenvalue weighted by molar-refractivity contribution is 4.90. The monoisotopic (exact) mass is 318 g/mol. The van der Waals surface area contributed by atoms with E-state index >= 15 is 0 Å². The smallest absolute Gasteiger partial charge is 0.0575 e. The molecule has 2 rings (SSSR count). The summed E-state index contributed by atoms with van der Waals surface area (Å²) in [5.74, 6) is 2.88. The van der Waals surface area contributed by atoms with E-state index in [1.54, 1.807) is 0 Å². The second-order valence-corrected chi connectivity index (χ2v) is 7.79. The number of allylic oxidation sites excluding steroid dienone is 2. The molecule has 0 saturated heterocycles. The van der Waals surface area contributed by atoms with E-state index in [0.29, 0.717) is 6.10 Å². The summed E-state index contributed by atoms with van der Waals surface area (Å²) in [6.07, 6.45) is 23.7. The van der Waals surface area contributed by atoms with Crippen LogP contribution in [0.3, 0.4) is 0 Å². The van der Waals surface area contributed by atoms with E-state index in [0.717, 1.165) is 30.8 Å². The Kier molecular flexibility index (Phi) is 9.04. The van der Waals surface area contributed by atoms with Gasteiger partial charge >= 0.3 is 0 Å². The minimum atomic E-state index is 0.534. The van der Waals surface area contributed by atoms with E-state index in [1.165, 1.54) is 70.6 Å². The first kappa shape index (κ1) is 18.8.